The number of aromatic amines is 1. The van der Waals surface area contributed by atoms with Crippen LogP contribution in [-0.2, 0) is 10.0 Å². The molecule has 0 radical (unpaired) electrons. The van der Waals surface area contributed by atoms with Crippen LogP contribution >= 0.6 is 11.6 Å². The van der Waals surface area contributed by atoms with Gasteiger partial charge in [-0.05, 0) is 42.0 Å². The maximum Gasteiger partial charge on any atom is 0.229 e. The van der Waals surface area contributed by atoms with Crippen LogP contribution in [-0.4, -0.2) is 39.8 Å². The van der Waals surface area contributed by atoms with Crippen LogP contribution in [0, 0.1) is 0 Å². The number of halogens is 1. The first-order valence-corrected chi connectivity index (χ1v) is 11.7. The molecule has 0 aliphatic carbocycles. The molecular formula is C21H16ClN7O2S. The summed E-state index contributed by atoms with van der Waals surface area (Å²) in [7, 11) is -3.50. The summed E-state index contributed by atoms with van der Waals surface area (Å²) in [6.45, 7) is 0. The minimum atomic E-state index is -3.50. The smallest absolute Gasteiger partial charge is 0.229 e. The average molecular weight is 466 g/mol. The lowest BCUT2D eigenvalue weighted by Gasteiger charge is -2.11. The number of H-pyrrole nitrogens is 1. The van der Waals surface area contributed by atoms with Crippen molar-refractivity contribution in [3.05, 3.63) is 66.3 Å². The van der Waals surface area contributed by atoms with E-state index in [1.807, 2.05) is 36.4 Å². The number of hydrogen-bond donors (Lipinski definition) is 3. The standard InChI is InChI=1S/C21H16ClN7O2S/c1-32(30,31)29-19-8-13(9-23-20(19)22)12-2-4-18-16(7-12)21(25-11-24-18)27-15-3-5-17-14(6-15)10-26-28-17/h2-11,29H,1H3,(H,26,28)(H,24,25,27). The number of hydrogen-bond acceptors (Lipinski definition) is 7. The minimum Gasteiger partial charge on any atom is -0.340 e. The normalized spacial score (nSPS) is 11.7. The highest BCUT2D eigenvalue weighted by Crippen LogP contribution is 2.31. The zero-order chi connectivity index (χ0) is 22.3. The molecule has 0 amide bonds. The number of sulfonamides is 1. The van der Waals surface area contributed by atoms with Crippen LogP contribution in [0.1, 0.15) is 0 Å². The molecular weight excluding hydrogens is 450 g/mol. The van der Waals surface area contributed by atoms with E-state index in [9.17, 15) is 8.42 Å². The van der Waals surface area contributed by atoms with Gasteiger partial charge in [0.25, 0.3) is 0 Å². The third-order valence-electron chi connectivity index (χ3n) is 4.81. The van der Waals surface area contributed by atoms with Crippen molar-refractivity contribution in [1.82, 2.24) is 25.1 Å². The van der Waals surface area contributed by atoms with Crippen LogP contribution in [0.4, 0.5) is 17.2 Å². The molecule has 5 rings (SSSR count). The second-order valence-corrected chi connectivity index (χ2v) is 9.29. The lowest BCUT2D eigenvalue weighted by Crippen LogP contribution is -2.10. The fourth-order valence-electron chi connectivity index (χ4n) is 3.37. The van der Waals surface area contributed by atoms with Gasteiger partial charge >= 0.3 is 0 Å². The summed E-state index contributed by atoms with van der Waals surface area (Å²) in [5, 5.41) is 12.2. The van der Waals surface area contributed by atoms with Gasteiger partial charge in [-0.25, -0.2) is 23.4 Å². The van der Waals surface area contributed by atoms with Crippen LogP contribution in [0.2, 0.25) is 5.15 Å². The van der Waals surface area contributed by atoms with E-state index < -0.39 is 10.0 Å². The van der Waals surface area contributed by atoms with Gasteiger partial charge in [0.15, 0.2) is 5.15 Å². The van der Waals surface area contributed by atoms with Crippen molar-refractivity contribution in [2.45, 2.75) is 0 Å². The van der Waals surface area contributed by atoms with Crippen molar-refractivity contribution < 1.29 is 8.42 Å². The molecule has 0 unspecified atom stereocenters. The lowest BCUT2D eigenvalue weighted by atomic mass is 10.0. The van der Waals surface area contributed by atoms with Crippen molar-refractivity contribution in [3.63, 3.8) is 0 Å². The van der Waals surface area contributed by atoms with Gasteiger partial charge in [-0.2, -0.15) is 5.10 Å². The van der Waals surface area contributed by atoms with Crippen LogP contribution < -0.4 is 10.0 Å². The van der Waals surface area contributed by atoms with E-state index in [4.69, 9.17) is 11.6 Å². The fourth-order valence-corrected chi connectivity index (χ4v) is 4.13. The van der Waals surface area contributed by atoms with Crippen molar-refractivity contribution in [2.75, 3.05) is 16.3 Å². The monoisotopic (exact) mass is 465 g/mol. The quantitative estimate of drug-likeness (QED) is 0.329. The number of aromatic nitrogens is 5. The predicted molar refractivity (Wildman–Crippen MR) is 126 cm³/mol. The van der Waals surface area contributed by atoms with E-state index >= 15 is 0 Å². The Bertz CT molecular complexity index is 1580. The number of pyridine rings is 1. The summed E-state index contributed by atoms with van der Waals surface area (Å²) in [5.41, 5.74) is 4.27. The highest BCUT2D eigenvalue weighted by Gasteiger charge is 2.12. The SMILES string of the molecule is CS(=O)(=O)Nc1cc(-c2ccc3ncnc(Nc4ccc5[nH]ncc5c4)c3c2)cnc1Cl. The van der Waals surface area contributed by atoms with Crippen molar-refractivity contribution in [2.24, 2.45) is 0 Å². The van der Waals surface area contributed by atoms with Crippen LogP contribution in [0.5, 0.6) is 0 Å². The Hall–Kier alpha value is -3.76. The van der Waals surface area contributed by atoms with Gasteiger partial charge in [0.2, 0.25) is 10.0 Å². The Labute approximate surface area is 187 Å². The summed E-state index contributed by atoms with van der Waals surface area (Å²) in [6.07, 6.45) is 5.90. The molecule has 0 fully saturated rings. The summed E-state index contributed by atoms with van der Waals surface area (Å²) < 4.78 is 25.6. The topological polar surface area (TPSA) is 126 Å². The number of nitrogens with one attached hydrogen (secondary N) is 3. The molecule has 3 heterocycles. The fraction of sp³-hybridized carbons (Fsp3) is 0.0476. The van der Waals surface area contributed by atoms with Crippen molar-refractivity contribution in [3.8, 4) is 11.1 Å². The Balaban J connectivity index is 1.56. The summed E-state index contributed by atoms with van der Waals surface area (Å²) in [5.74, 6) is 0.635. The van der Waals surface area contributed by atoms with Gasteiger partial charge in [0, 0.05) is 28.2 Å². The van der Waals surface area contributed by atoms with E-state index in [0.29, 0.717) is 11.4 Å². The molecule has 0 bridgehead atoms. The first kappa shape index (κ1) is 20.2. The number of nitrogens with zero attached hydrogens (tertiary/aromatic N) is 4. The largest absolute Gasteiger partial charge is 0.340 e. The highest BCUT2D eigenvalue weighted by atomic mass is 35.5. The first-order chi connectivity index (χ1) is 15.4. The first-order valence-electron chi connectivity index (χ1n) is 9.44. The molecule has 0 atom stereocenters. The molecule has 2 aromatic carbocycles. The molecule has 0 saturated carbocycles. The van der Waals surface area contributed by atoms with Crippen LogP contribution in [0.15, 0.2) is 61.2 Å². The number of benzene rings is 2. The number of rotatable bonds is 5. The van der Waals surface area contributed by atoms with Gasteiger partial charge in [0.1, 0.15) is 12.1 Å². The molecule has 32 heavy (non-hydrogen) atoms. The summed E-state index contributed by atoms with van der Waals surface area (Å²) in [4.78, 5) is 12.9. The van der Waals surface area contributed by atoms with Crippen molar-refractivity contribution >= 4 is 60.6 Å². The van der Waals surface area contributed by atoms with Gasteiger partial charge in [-0.3, -0.25) is 9.82 Å². The second-order valence-electron chi connectivity index (χ2n) is 7.19. The van der Waals surface area contributed by atoms with Gasteiger partial charge < -0.3 is 5.32 Å². The summed E-state index contributed by atoms with van der Waals surface area (Å²) >= 11 is 6.06. The predicted octanol–water partition coefficient (Wildman–Crippen LogP) is 4.34. The molecule has 3 N–H and O–H groups in total. The number of fused-ring (bicyclic) bond motifs is 2. The molecule has 9 nitrogen and oxygen atoms in total. The van der Waals surface area contributed by atoms with Gasteiger partial charge in [0.05, 0.1) is 29.2 Å². The molecule has 160 valence electrons. The van der Waals surface area contributed by atoms with Gasteiger partial charge in [-0.15, -0.1) is 0 Å². The lowest BCUT2D eigenvalue weighted by molar-refractivity contribution is 0.607. The summed E-state index contributed by atoms with van der Waals surface area (Å²) in [6, 6.07) is 13.2. The Kier molecular flexibility index (Phi) is 4.87. The Morgan fingerprint density at radius 3 is 2.69 bits per heavy atom. The highest BCUT2D eigenvalue weighted by molar-refractivity contribution is 7.92. The molecule has 0 saturated heterocycles. The zero-order valence-electron chi connectivity index (χ0n) is 16.7. The van der Waals surface area contributed by atoms with Crippen molar-refractivity contribution in [1.29, 1.82) is 0 Å². The molecule has 0 spiro atoms. The van der Waals surface area contributed by atoms with E-state index in [2.05, 4.69) is 35.2 Å². The maximum atomic E-state index is 11.6. The number of anilines is 3. The zero-order valence-corrected chi connectivity index (χ0v) is 18.2. The van der Waals surface area contributed by atoms with E-state index in [0.717, 1.165) is 39.3 Å². The maximum absolute atomic E-state index is 11.6. The second kappa shape index (κ2) is 7.74. The van der Waals surface area contributed by atoms with Crippen LogP contribution in [0.25, 0.3) is 32.9 Å². The Morgan fingerprint density at radius 1 is 0.969 bits per heavy atom. The Morgan fingerprint density at radius 2 is 1.84 bits per heavy atom. The molecule has 3 aromatic heterocycles. The average Bonchev–Trinajstić information content (AvgIpc) is 3.22. The van der Waals surface area contributed by atoms with E-state index in [1.165, 1.54) is 6.33 Å². The van der Waals surface area contributed by atoms with Gasteiger partial charge in [-0.1, -0.05) is 17.7 Å². The van der Waals surface area contributed by atoms with Crippen LogP contribution in [0.3, 0.4) is 0 Å². The van der Waals surface area contributed by atoms with E-state index in [1.54, 1.807) is 18.5 Å². The minimum absolute atomic E-state index is 0.0697. The molecule has 5 aromatic rings. The molecule has 0 aliphatic rings. The molecule has 0 aliphatic heterocycles. The third kappa shape index (κ3) is 4.05. The third-order valence-corrected chi connectivity index (χ3v) is 5.70. The molecule has 11 heteroatoms. The van der Waals surface area contributed by atoms with E-state index in [-0.39, 0.29) is 10.8 Å².